The minimum Gasteiger partial charge on any atom is -0.489 e. The van der Waals surface area contributed by atoms with Gasteiger partial charge in [-0.05, 0) is 42.8 Å². The molecule has 0 aromatic heterocycles. The zero-order chi connectivity index (χ0) is 19.7. The number of halogens is 2. The molecule has 3 aromatic carbocycles. The van der Waals surface area contributed by atoms with Crippen molar-refractivity contribution in [1.82, 2.24) is 0 Å². The third kappa shape index (κ3) is 3.91. The molecule has 0 fully saturated rings. The van der Waals surface area contributed by atoms with Crippen LogP contribution in [-0.4, -0.2) is 5.78 Å². The lowest BCUT2D eigenvalue weighted by atomic mass is 10.1. The van der Waals surface area contributed by atoms with Gasteiger partial charge >= 0.3 is 0 Å². The molecule has 0 radical (unpaired) electrons. The van der Waals surface area contributed by atoms with Crippen LogP contribution < -0.4 is 9.47 Å². The molecule has 1 aliphatic rings. The van der Waals surface area contributed by atoms with Crippen molar-refractivity contribution in [2.75, 3.05) is 0 Å². The van der Waals surface area contributed by atoms with Gasteiger partial charge in [-0.3, -0.25) is 4.79 Å². The summed E-state index contributed by atoms with van der Waals surface area (Å²) in [5.74, 6) is 1.25. The van der Waals surface area contributed by atoms with Crippen LogP contribution in [0.5, 0.6) is 11.5 Å². The van der Waals surface area contributed by atoms with Crippen molar-refractivity contribution in [3.63, 3.8) is 0 Å². The fraction of sp³-hybridized carbons (Fsp3) is 0.0870. The molecule has 0 aliphatic carbocycles. The number of Topliss-reactive ketones (excluding diaryl/α,β-unsaturated/α-hetero) is 1. The molecule has 140 valence electrons. The molecule has 0 N–H and O–H groups in total. The quantitative estimate of drug-likeness (QED) is 0.460. The largest absolute Gasteiger partial charge is 0.489 e. The molecular weight excluding hydrogens is 395 g/mol. The van der Waals surface area contributed by atoms with Gasteiger partial charge in [-0.2, -0.15) is 0 Å². The van der Waals surface area contributed by atoms with E-state index < -0.39 is 0 Å². The predicted molar refractivity (Wildman–Crippen MR) is 111 cm³/mol. The van der Waals surface area contributed by atoms with Gasteiger partial charge in [0.15, 0.2) is 5.76 Å². The Kier molecular flexibility index (Phi) is 5.12. The highest BCUT2D eigenvalue weighted by Crippen LogP contribution is 2.35. The number of ether oxygens (including phenoxy) is 2. The van der Waals surface area contributed by atoms with Gasteiger partial charge in [0.25, 0.3) is 0 Å². The van der Waals surface area contributed by atoms with Crippen molar-refractivity contribution in [2.45, 2.75) is 13.5 Å². The highest BCUT2D eigenvalue weighted by atomic mass is 35.5. The minimum atomic E-state index is -0.136. The molecular formula is C23H16Cl2O3. The van der Waals surface area contributed by atoms with Crippen LogP contribution in [0.1, 0.15) is 27.0 Å². The van der Waals surface area contributed by atoms with E-state index in [4.69, 9.17) is 32.7 Å². The first-order valence-electron chi connectivity index (χ1n) is 8.71. The van der Waals surface area contributed by atoms with Gasteiger partial charge in [-0.15, -0.1) is 0 Å². The predicted octanol–water partition coefficient (Wildman–Crippen LogP) is 6.50. The number of fused-ring (bicyclic) bond motifs is 1. The van der Waals surface area contributed by atoms with Gasteiger partial charge in [0.2, 0.25) is 5.78 Å². The maximum atomic E-state index is 12.6. The van der Waals surface area contributed by atoms with Crippen LogP contribution in [0.25, 0.3) is 6.08 Å². The second kappa shape index (κ2) is 7.70. The topological polar surface area (TPSA) is 35.5 Å². The number of allylic oxidation sites excluding steroid dienone is 1. The summed E-state index contributed by atoms with van der Waals surface area (Å²) in [4.78, 5) is 12.6. The van der Waals surface area contributed by atoms with Crippen LogP contribution in [0.15, 0.2) is 66.4 Å². The van der Waals surface area contributed by atoms with E-state index in [1.54, 1.807) is 36.4 Å². The Labute approximate surface area is 173 Å². The SMILES string of the molecule is Cc1ccc(C=C2Oc3cc(OCc4ccc(Cl)cc4Cl)ccc3C2=O)cc1. The monoisotopic (exact) mass is 410 g/mol. The third-order valence-electron chi connectivity index (χ3n) is 4.43. The second-order valence-corrected chi connectivity index (χ2v) is 7.38. The van der Waals surface area contributed by atoms with Crippen LogP contribution in [0.4, 0.5) is 0 Å². The van der Waals surface area contributed by atoms with Crippen LogP contribution in [0.2, 0.25) is 10.0 Å². The molecule has 5 heteroatoms. The first-order valence-corrected chi connectivity index (χ1v) is 9.47. The molecule has 1 aliphatic heterocycles. The Morgan fingerprint density at radius 2 is 1.79 bits per heavy atom. The molecule has 0 bridgehead atoms. The Morgan fingerprint density at radius 3 is 2.54 bits per heavy atom. The average Bonchev–Trinajstić information content (AvgIpc) is 2.98. The fourth-order valence-corrected chi connectivity index (χ4v) is 3.33. The number of carbonyl (C=O) groups excluding carboxylic acids is 1. The second-order valence-electron chi connectivity index (χ2n) is 6.53. The summed E-state index contributed by atoms with van der Waals surface area (Å²) in [6.07, 6.45) is 1.75. The van der Waals surface area contributed by atoms with Gasteiger partial charge in [0.05, 0.1) is 5.56 Å². The van der Waals surface area contributed by atoms with E-state index in [1.807, 2.05) is 37.3 Å². The Bertz CT molecular complexity index is 1090. The van der Waals surface area contributed by atoms with Gasteiger partial charge < -0.3 is 9.47 Å². The molecule has 0 atom stereocenters. The van der Waals surface area contributed by atoms with E-state index in [9.17, 15) is 4.79 Å². The number of rotatable bonds is 4. The van der Waals surface area contributed by atoms with E-state index >= 15 is 0 Å². The van der Waals surface area contributed by atoms with Crippen LogP contribution >= 0.6 is 23.2 Å². The lowest BCUT2D eigenvalue weighted by Crippen LogP contribution is -1.98. The molecule has 0 saturated heterocycles. The molecule has 3 aromatic rings. The van der Waals surface area contributed by atoms with Gasteiger partial charge in [-0.25, -0.2) is 0 Å². The Morgan fingerprint density at radius 1 is 1.00 bits per heavy atom. The lowest BCUT2D eigenvalue weighted by Gasteiger charge is -2.09. The van der Waals surface area contributed by atoms with Crippen molar-refractivity contribution in [3.8, 4) is 11.5 Å². The number of carbonyl (C=O) groups is 1. The van der Waals surface area contributed by atoms with Gasteiger partial charge in [0, 0.05) is 21.7 Å². The van der Waals surface area contributed by atoms with Crippen molar-refractivity contribution in [2.24, 2.45) is 0 Å². The van der Waals surface area contributed by atoms with Crippen LogP contribution in [-0.2, 0) is 6.61 Å². The van der Waals surface area contributed by atoms with E-state index in [-0.39, 0.29) is 12.4 Å². The van der Waals surface area contributed by atoms with Crippen LogP contribution in [0.3, 0.4) is 0 Å². The summed E-state index contributed by atoms with van der Waals surface area (Å²) in [5, 5.41) is 1.12. The van der Waals surface area contributed by atoms with E-state index in [0.29, 0.717) is 32.9 Å². The van der Waals surface area contributed by atoms with Crippen molar-refractivity contribution in [3.05, 3.63) is 98.7 Å². The summed E-state index contributed by atoms with van der Waals surface area (Å²) in [6, 6.07) is 18.3. The molecule has 0 amide bonds. The normalized spacial score (nSPS) is 14.1. The maximum absolute atomic E-state index is 12.6. The molecule has 0 spiro atoms. The number of aryl methyl sites for hydroxylation is 1. The van der Waals surface area contributed by atoms with E-state index in [2.05, 4.69) is 0 Å². The Balaban J connectivity index is 1.51. The maximum Gasteiger partial charge on any atom is 0.231 e. The summed E-state index contributed by atoms with van der Waals surface area (Å²) >= 11 is 12.1. The van der Waals surface area contributed by atoms with Crippen molar-refractivity contribution < 1.29 is 14.3 Å². The highest BCUT2D eigenvalue weighted by Gasteiger charge is 2.27. The first kappa shape index (κ1) is 18.6. The fourth-order valence-electron chi connectivity index (χ4n) is 2.87. The Hall–Kier alpha value is -2.75. The zero-order valence-corrected chi connectivity index (χ0v) is 16.6. The van der Waals surface area contributed by atoms with E-state index in [0.717, 1.165) is 16.7 Å². The number of hydrogen-bond donors (Lipinski definition) is 0. The third-order valence-corrected chi connectivity index (χ3v) is 5.01. The van der Waals surface area contributed by atoms with Gasteiger partial charge in [0.1, 0.15) is 18.1 Å². The zero-order valence-electron chi connectivity index (χ0n) is 15.0. The van der Waals surface area contributed by atoms with Crippen molar-refractivity contribution in [1.29, 1.82) is 0 Å². The van der Waals surface area contributed by atoms with Crippen LogP contribution in [0, 0.1) is 6.92 Å². The summed E-state index contributed by atoms with van der Waals surface area (Å²) in [6.45, 7) is 2.30. The molecule has 0 saturated carbocycles. The molecule has 0 unspecified atom stereocenters. The molecule has 4 rings (SSSR count). The number of ketones is 1. The first-order chi connectivity index (χ1) is 13.5. The lowest BCUT2D eigenvalue weighted by molar-refractivity contribution is 0.101. The number of hydrogen-bond acceptors (Lipinski definition) is 3. The smallest absolute Gasteiger partial charge is 0.231 e. The minimum absolute atomic E-state index is 0.136. The molecule has 3 nitrogen and oxygen atoms in total. The molecule has 1 heterocycles. The standard InChI is InChI=1S/C23H16Cl2O3/c1-14-2-4-15(5-3-14)10-22-23(26)19-9-8-18(12-21(19)28-22)27-13-16-6-7-17(24)11-20(16)25/h2-12H,13H2,1H3. The number of benzene rings is 3. The highest BCUT2D eigenvalue weighted by molar-refractivity contribution is 6.35. The molecule has 28 heavy (non-hydrogen) atoms. The summed E-state index contributed by atoms with van der Waals surface area (Å²) in [7, 11) is 0. The summed E-state index contributed by atoms with van der Waals surface area (Å²) < 4.78 is 11.6. The van der Waals surface area contributed by atoms with Gasteiger partial charge in [-0.1, -0.05) is 59.1 Å². The summed E-state index contributed by atoms with van der Waals surface area (Å²) in [5.41, 5.74) is 3.42. The van der Waals surface area contributed by atoms with Crippen molar-refractivity contribution >= 4 is 35.1 Å². The average molecular weight is 411 g/mol. The van der Waals surface area contributed by atoms with E-state index in [1.165, 1.54) is 0 Å².